The molecule has 4 heteroatoms. The first kappa shape index (κ1) is 12.4. The molecule has 1 N–H and O–H groups in total. The molecule has 0 spiro atoms. The molecule has 18 heavy (non-hydrogen) atoms. The van der Waals surface area contributed by atoms with Gasteiger partial charge >= 0.3 is 5.97 Å². The zero-order chi connectivity index (χ0) is 13.0. The van der Waals surface area contributed by atoms with Gasteiger partial charge in [0, 0.05) is 5.56 Å². The van der Waals surface area contributed by atoms with Crippen LogP contribution in [0.2, 0.25) is 0 Å². The standard InChI is InChI=1S/C14H15NO3/c1-2-14(13(16)17,8-11-9-15-18-10-11)12-6-4-3-5-7-12/h3-7,9-10H,2,8H2,1H3,(H,16,17). The highest BCUT2D eigenvalue weighted by Crippen LogP contribution is 2.32. The number of carboxylic acids is 1. The van der Waals surface area contributed by atoms with Crippen LogP contribution in [-0.2, 0) is 16.6 Å². The second-order valence-corrected chi connectivity index (χ2v) is 4.32. The SMILES string of the molecule is CCC(Cc1cnoc1)(C(=O)O)c1ccccc1. The van der Waals surface area contributed by atoms with Crippen LogP contribution in [0.1, 0.15) is 24.5 Å². The van der Waals surface area contributed by atoms with Gasteiger partial charge in [0.2, 0.25) is 0 Å². The highest BCUT2D eigenvalue weighted by molar-refractivity contribution is 5.81. The van der Waals surface area contributed by atoms with Gasteiger partial charge in [-0.3, -0.25) is 4.79 Å². The molecule has 1 aromatic carbocycles. The summed E-state index contributed by atoms with van der Waals surface area (Å²) >= 11 is 0. The van der Waals surface area contributed by atoms with Crippen LogP contribution < -0.4 is 0 Å². The second-order valence-electron chi connectivity index (χ2n) is 4.32. The third-order valence-electron chi connectivity index (χ3n) is 3.33. The lowest BCUT2D eigenvalue weighted by Gasteiger charge is -2.28. The van der Waals surface area contributed by atoms with Gasteiger partial charge in [-0.15, -0.1) is 0 Å². The fourth-order valence-electron chi connectivity index (χ4n) is 2.20. The van der Waals surface area contributed by atoms with Gasteiger partial charge in [-0.2, -0.15) is 0 Å². The summed E-state index contributed by atoms with van der Waals surface area (Å²) in [5, 5.41) is 13.3. The largest absolute Gasteiger partial charge is 0.481 e. The van der Waals surface area contributed by atoms with Crippen LogP contribution in [0.15, 0.2) is 47.3 Å². The number of aromatic nitrogens is 1. The van der Waals surface area contributed by atoms with E-state index in [0.29, 0.717) is 12.8 Å². The molecule has 0 aliphatic heterocycles. The first-order valence-corrected chi connectivity index (χ1v) is 5.86. The number of aliphatic carboxylic acids is 1. The van der Waals surface area contributed by atoms with Gasteiger partial charge in [0.1, 0.15) is 6.26 Å². The summed E-state index contributed by atoms with van der Waals surface area (Å²) in [7, 11) is 0. The molecule has 2 rings (SSSR count). The molecule has 1 aromatic heterocycles. The number of carbonyl (C=O) groups is 1. The smallest absolute Gasteiger partial charge is 0.314 e. The molecule has 0 fully saturated rings. The van der Waals surface area contributed by atoms with Gasteiger partial charge in [0.05, 0.1) is 11.6 Å². The summed E-state index contributed by atoms with van der Waals surface area (Å²) in [4.78, 5) is 11.7. The topological polar surface area (TPSA) is 63.3 Å². The molecular weight excluding hydrogens is 230 g/mol. The van der Waals surface area contributed by atoms with Gasteiger partial charge in [0.15, 0.2) is 0 Å². The maximum Gasteiger partial charge on any atom is 0.314 e. The van der Waals surface area contributed by atoms with Crippen LogP contribution in [0.3, 0.4) is 0 Å². The Balaban J connectivity index is 2.43. The minimum Gasteiger partial charge on any atom is -0.481 e. The summed E-state index contributed by atoms with van der Waals surface area (Å²) in [6.07, 6.45) is 3.95. The zero-order valence-corrected chi connectivity index (χ0v) is 10.2. The summed E-state index contributed by atoms with van der Waals surface area (Å²) in [5.74, 6) is -0.822. The molecule has 0 aliphatic carbocycles. The quantitative estimate of drug-likeness (QED) is 0.879. The third kappa shape index (κ3) is 2.14. The lowest BCUT2D eigenvalue weighted by Crippen LogP contribution is -2.37. The average Bonchev–Trinajstić information content (AvgIpc) is 2.89. The number of hydrogen-bond acceptors (Lipinski definition) is 3. The highest BCUT2D eigenvalue weighted by atomic mass is 16.5. The zero-order valence-electron chi connectivity index (χ0n) is 10.2. The summed E-state index contributed by atoms with van der Waals surface area (Å²) < 4.78 is 4.78. The Morgan fingerprint density at radius 2 is 2.11 bits per heavy atom. The van der Waals surface area contributed by atoms with E-state index in [2.05, 4.69) is 5.16 Å². The van der Waals surface area contributed by atoms with Crippen LogP contribution >= 0.6 is 0 Å². The predicted molar refractivity (Wildman–Crippen MR) is 66.3 cm³/mol. The summed E-state index contributed by atoms with van der Waals surface area (Å²) in [6.45, 7) is 1.88. The van der Waals surface area contributed by atoms with Gasteiger partial charge < -0.3 is 9.63 Å². The maximum atomic E-state index is 11.7. The fraction of sp³-hybridized carbons (Fsp3) is 0.286. The van der Waals surface area contributed by atoms with E-state index < -0.39 is 11.4 Å². The van der Waals surface area contributed by atoms with E-state index in [0.717, 1.165) is 11.1 Å². The Labute approximate surface area is 105 Å². The molecule has 4 nitrogen and oxygen atoms in total. The number of hydrogen-bond donors (Lipinski definition) is 1. The van der Waals surface area contributed by atoms with Gasteiger partial charge in [-0.25, -0.2) is 0 Å². The molecule has 1 atom stereocenters. The Morgan fingerprint density at radius 1 is 1.39 bits per heavy atom. The Kier molecular flexibility index (Phi) is 3.46. The minimum atomic E-state index is -0.924. The molecule has 1 heterocycles. The van der Waals surface area contributed by atoms with Crippen molar-refractivity contribution in [2.24, 2.45) is 0 Å². The van der Waals surface area contributed by atoms with Crippen molar-refractivity contribution >= 4 is 5.97 Å². The number of carboxylic acid groups (broad SMARTS) is 1. The monoisotopic (exact) mass is 245 g/mol. The Morgan fingerprint density at radius 3 is 2.61 bits per heavy atom. The molecular formula is C14H15NO3. The van der Waals surface area contributed by atoms with Crippen molar-refractivity contribution in [2.75, 3.05) is 0 Å². The Hall–Kier alpha value is -2.10. The van der Waals surface area contributed by atoms with Crippen LogP contribution in [0.5, 0.6) is 0 Å². The van der Waals surface area contributed by atoms with Crippen molar-refractivity contribution in [3.63, 3.8) is 0 Å². The van der Waals surface area contributed by atoms with Crippen LogP contribution in [-0.4, -0.2) is 16.2 Å². The molecule has 0 amide bonds. The second kappa shape index (κ2) is 5.04. The van der Waals surface area contributed by atoms with Crippen LogP contribution in [0, 0.1) is 0 Å². The molecule has 1 unspecified atom stereocenters. The molecule has 0 aliphatic rings. The first-order valence-electron chi connectivity index (χ1n) is 5.86. The molecule has 0 saturated heterocycles. The molecule has 2 aromatic rings. The lowest BCUT2D eigenvalue weighted by atomic mass is 9.74. The third-order valence-corrected chi connectivity index (χ3v) is 3.33. The fourth-order valence-corrected chi connectivity index (χ4v) is 2.20. The van der Waals surface area contributed by atoms with Crippen molar-refractivity contribution in [1.82, 2.24) is 5.16 Å². The van der Waals surface area contributed by atoms with Crippen molar-refractivity contribution in [1.29, 1.82) is 0 Å². The van der Waals surface area contributed by atoms with Gasteiger partial charge in [-0.05, 0) is 18.4 Å². The molecule has 0 bridgehead atoms. The van der Waals surface area contributed by atoms with E-state index in [1.807, 2.05) is 37.3 Å². The number of rotatable bonds is 5. The van der Waals surface area contributed by atoms with Gasteiger partial charge in [-0.1, -0.05) is 42.4 Å². The van der Waals surface area contributed by atoms with Crippen molar-refractivity contribution in [3.05, 3.63) is 53.9 Å². The minimum absolute atomic E-state index is 0.381. The molecule has 0 radical (unpaired) electrons. The maximum absolute atomic E-state index is 11.7. The average molecular weight is 245 g/mol. The van der Waals surface area contributed by atoms with Crippen LogP contribution in [0.4, 0.5) is 0 Å². The predicted octanol–water partition coefficient (Wildman–Crippen LogP) is 2.65. The number of nitrogens with zero attached hydrogens (tertiary/aromatic N) is 1. The first-order chi connectivity index (χ1) is 8.69. The summed E-state index contributed by atoms with van der Waals surface area (Å²) in [6, 6.07) is 9.30. The Bertz CT molecular complexity index is 507. The lowest BCUT2D eigenvalue weighted by molar-refractivity contribution is -0.144. The van der Waals surface area contributed by atoms with Gasteiger partial charge in [0.25, 0.3) is 0 Å². The van der Waals surface area contributed by atoms with E-state index in [4.69, 9.17) is 4.52 Å². The van der Waals surface area contributed by atoms with Crippen molar-refractivity contribution in [3.8, 4) is 0 Å². The van der Waals surface area contributed by atoms with Crippen molar-refractivity contribution in [2.45, 2.75) is 25.2 Å². The normalized spacial score (nSPS) is 14.1. The van der Waals surface area contributed by atoms with E-state index in [9.17, 15) is 9.90 Å². The number of benzene rings is 1. The highest BCUT2D eigenvalue weighted by Gasteiger charge is 2.39. The van der Waals surface area contributed by atoms with E-state index in [-0.39, 0.29) is 0 Å². The van der Waals surface area contributed by atoms with Crippen LogP contribution in [0.25, 0.3) is 0 Å². The summed E-state index contributed by atoms with van der Waals surface area (Å²) in [5.41, 5.74) is 0.677. The van der Waals surface area contributed by atoms with E-state index >= 15 is 0 Å². The molecule has 94 valence electrons. The van der Waals surface area contributed by atoms with E-state index in [1.54, 1.807) is 6.20 Å². The van der Waals surface area contributed by atoms with E-state index in [1.165, 1.54) is 6.26 Å². The molecule has 0 saturated carbocycles. The van der Waals surface area contributed by atoms with Crippen molar-refractivity contribution < 1.29 is 14.4 Å².